The zero-order chi connectivity index (χ0) is 40.6. The highest BCUT2D eigenvalue weighted by Crippen LogP contribution is 2.32. The van der Waals surface area contributed by atoms with Crippen LogP contribution in [0.25, 0.3) is 6.08 Å². The van der Waals surface area contributed by atoms with Crippen molar-refractivity contribution in [2.45, 2.75) is 127 Å². The maximum Gasteiger partial charge on any atom is 0.407 e. The van der Waals surface area contributed by atoms with Crippen molar-refractivity contribution in [1.82, 2.24) is 10.6 Å². The van der Waals surface area contributed by atoms with E-state index in [1.54, 1.807) is 45.0 Å². The van der Waals surface area contributed by atoms with Gasteiger partial charge in [-0.05, 0) is 88.1 Å². The van der Waals surface area contributed by atoms with Gasteiger partial charge in [0.1, 0.15) is 35.2 Å². The summed E-state index contributed by atoms with van der Waals surface area (Å²) in [5, 5.41) is 59.7. The minimum atomic E-state index is -2.36. The first-order valence-electron chi connectivity index (χ1n) is 18.8. The van der Waals surface area contributed by atoms with E-state index in [9.17, 15) is 44.7 Å². The SMILES string of the molecule is CCCCCCCCOc1ccc(NC(=O)C(CCCNC(=O)OC(C)(C)C)NC(=O)C2(O)CC(O)C(O)C(OC(=O)/C=C/c3ccc(O)c(O)c3)C2)cc1. The number of aliphatic hydroxyl groups excluding tert-OH is 2. The number of hydrogen-bond donors (Lipinski definition) is 8. The predicted octanol–water partition coefficient (Wildman–Crippen LogP) is 4.44. The highest BCUT2D eigenvalue weighted by atomic mass is 16.6. The Morgan fingerprint density at radius 1 is 0.927 bits per heavy atom. The molecule has 0 aliphatic heterocycles. The monoisotopic (exact) mass is 771 g/mol. The smallest absolute Gasteiger partial charge is 0.407 e. The molecule has 1 aliphatic rings. The van der Waals surface area contributed by atoms with Crippen LogP contribution >= 0.6 is 0 Å². The molecule has 304 valence electrons. The van der Waals surface area contributed by atoms with Gasteiger partial charge in [-0.15, -0.1) is 0 Å². The third kappa shape index (κ3) is 15.4. The number of phenolic OH excluding ortho intramolecular Hbond substituents is 2. The molecule has 2 aromatic carbocycles. The zero-order valence-corrected chi connectivity index (χ0v) is 32.1. The number of rotatable bonds is 19. The molecular formula is C40H57N3O12. The Morgan fingerprint density at radius 3 is 2.29 bits per heavy atom. The quantitative estimate of drug-likeness (QED) is 0.0429. The normalized spacial score (nSPS) is 20.3. The molecule has 0 bridgehead atoms. The van der Waals surface area contributed by atoms with Crippen molar-refractivity contribution in [2.75, 3.05) is 18.5 Å². The van der Waals surface area contributed by atoms with E-state index in [2.05, 4.69) is 22.9 Å². The molecule has 5 unspecified atom stereocenters. The number of anilines is 1. The Labute approximate surface area is 322 Å². The number of esters is 1. The van der Waals surface area contributed by atoms with Gasteiger partial charge in [-0.1, -0.05) is 45.1 Å². The number of nitrogens with one attached hydrogen (secondary N) is 3. The molecule has 0 heterocycles. The van der Waals surface area contributed by atoms with E-state index >= 15 is 0 Å². The average molecular weight is 772 g/mol. The molecular weight excluding hydrogens is 714 g/mol. The van der Waals surface area contributed by atoms with Crippen molar-refractivity contribution in [3.63, 3.8) is 0 Å². The van der Waals surface area contributed by atoms with E-state index in [0.29, 0.717) is 23.6 Å². The summed E-state index contributed by atoms with van der Waals surface area (Å²) in [5.74, 6) is -2.79. The summed E-state index contributed by atoms with van der Waals surface area (Å²) < 4.78 is 16.4. The second-order valence-corrected chi connectivity index (χ2v) is 14.8. The average Bonchev–Trinajstić information content (AvgIpc) is 3.11. The zero-order valence-electron chi connectivity index (χ0n) is 32.1. The van der Waals surface area contributed by atoms with Crippen LogP contribution in [0.4, 0.5) is 10.5 Å². The van der Waals surface area contributed by atoms with Gasteiger partial charge >= 0.3 is 12.1 Å². The van der Waals surface area contributed by atoms with Crippen LogP contribution in [0, 0.1) is 0 Å². The molecule has 55 heavy (non-hydrogen) atoms. The Morgan fingerprint density at radius 2 is 1.62 bits per heavy atom. The maximum absolute atomic E-state index is 13.6. The molecule has 2 aromatic rings. The van der Waals surface area contributed by atoms with E-state index in [-0.39, 0.29) is 25.1 Å². The molecule has 1 aliphatic carbocycles. The maximum atomic E-state index is 13.6. The lowest BCUT2D eigenvalue weighted by atomic mass is 9.78. The number of phenols is 2. The number of carbonyl (C=O) groups is 4. The number of hydrogen-bond acceptors (Lipinski definition) is 12. The van der Waals surface area contributed by atoms with E-state index in [4.69, 9.17) is 14.2 Å². The van der Waals surface area contributed by atoms with Gasteiger partial charge in [-0.3, -0.25) is 9.59 Å². The largest absolute Gasteiger partial charge is 0.504 e. The lowest BCUT2D eigenvalue weighted by Crippen LogP contribution is -2.61. The third-order valence-electron chi connectivity index (χ3n) is 8.81. The third-order valence-corrected chi connectivity index (χ3v) is 8.81. The number of benzene rings is 2. The van der Waals surface area contributed by atoms with Crippen LogP contribution in [0.5, 0.6) is 17.2 Å². The van der Waals surface area contributed by atoms with Crippen molar-refractivity contribution in [3.05, 3.63) is 54.1 Å². The fraction of sp³-hybridized carbons (Fsp3) is 0.550. The first-order valence-corrected chi connectivity index (χ1v) is 18.8. The van der Waals surface area contributed by atoms with Gasteiger partial charge in [-0.2, -0.15) is 0 Å². The van der Waals surface area contributed by atoms with E-state index in [1.807, 2.05) is 0 Å². The predicted molar refractivity (Wildman–Crippen MR) is 204 cm³/mol. The molecule has 15 heteroatoms. The summed E-state index contributed by atoms with van der Waals surface area (Å²) in [6.07, 6.45) is 2.57. The molecule has 1 fully saturated rings. The molecule has 3 rings (SSSR count). The molecule has 8 N–H and O–H groups in total. The fourth-order valence-electron chi connectivity index (χ4n) is 5.85. The van der Waals surface area contributed by atoms with Crippen LogP contribution in [0.1, 0.15) is 97.5 Å². The minimum Gasteiger partial charge on any atom is -0.504 e. The lowest BCUT2D eigenvalue weighted by Gasteiger charge is -2.41. The topological polar surface area (TPSA) is 233 Å². The summed E-state index contributed by atoms with van der Waals surface area (Å²) in [5.41, 5.74) is -2.33. The van der Waals surface area contributed by atoms with Gasteiger partial charge in [0.15, 0.2) is 11.5 Å². The second-order valence-electron chi connectivity index (χ2n) is 14.8. The molecule has 0 spiro atoms. The van der Waals surface area contributed by atoms with E-state index < -0.39 is 78.0 Å². The Hall–Kier alpha value is -4.86. The first-order chi connectivity index (χ1) is 26.0. The lowest BCUT2D eigenvalue weighted by molar-refractivity contribution is -0.187. The number of amides is 3. The molecule has 0 saturated heterocycles. The van der Waals surface area contributed by atoms with Gasteiger partial charge < -0.3 is 55.7 Å². The van der Waals surface area contributed by atoms with Crippen LogP contribution in [-0.4, -0.2) is 98.1 Å². The Balaban J connectivity index is 1.66. The number of aliphatic hydroxyl groups is 3. The van der Waals surface area contributed by atoms with Crippen molar-refractivity contribution in [3.8, 4) is 17.2 Å². The first kappa shape index (κ1) is 44.5. The molecule has 1 saturated carbocycles. The Bertz CT molecular complexity index is 1590. The molecule has 3 amide bonds. The van der Waals surface area contributed by atoms with Crippen molar-refractivity contribution in [2.24, 2.45) is 0 Å². The van der Waals surface area contributed by atoms with Crippen LogP contribution in [0.3, 0.4) is 0 Å². The summed E-state index contributed by atoms with van der Waals surface area (Å²) in [4.78, 5) is 52.0. The summed E-state index contributed by atoms with van der Waals surface area (Å²) >= 11 is 0. The minimum absolute atomic E-state index is 0.0180. The number of alkyl carbamates (subject to hydrolysis) is 1. The number of unbranched alkanes of at least 4 members (excludes halogenated alkanes) is 5. The highest BCUT2D eigenvalue weighted by Gasteiger charge is 2.50. The number of aromatic hydroxyl groups is 2. The van der Waals surface area contributed by atoms with Crippen LogP contribution in [-0.2, 0) is 23.9 Å². The molecule has 0 radical (unpaired) electrons. The van der Waals surface area contributed by atoms with Gasteiger partial charge in [-0.25, -0.2) is 9.59 Å². The van der Waals surface area contributed by atoms with Gasteiger partial charge in [0.2, 0.25) is 5.91 Å². The van der Waals surface area contributed by atoms with Crippen LogP contribution < -0.4 is 20.7 Å². The number of carbonyl (C=O) groups excluding carboxylic acids is 4. The van der Waals surface area contributed by atoms with E-state index in [1.165, 1.54) is 50.0 Å². The highest BCUT2D eigenvalue weighted by molar-refractivity contribution is 5.98. The molecule has 15 nitrogen and oxygen atoms in total. The van der Waals surface area contributed by atoms with Gasteiger partial charge in [0, 0.05) is 31.1 Å². The van der Waals surface area contributed by atoms with E-state index in [0.717, 1.165) is 18.9 Å². The summed E-state index contributed by atoms with van der Waals surface area (Å²) in [6, 6.07) is 9.35. The van der Waals surface area contributed by atoms with Gasteiger partial charge in [0.05, 0.1) is 12.7 Å². The van der Waals surface area contributed by atoms with Crippen molar-refractivity contribution >= 4 is 35.6 Å². The van der Waals surface area contributed by atoms with Crippen LogP contribution in [0.2, 0.25) is 0 Å². The standard InChI is InChI=1S/C40H57N3O12/c1-5-6-7-8-9-10-22-53-28-17-15-27(16-18-28)42-36(49)29(12-11-21-41-38(51)55-39(2,3)4)43-37(50)40(52)24-32(46)35(48)33(25-40)54-34(47)20-14-26-13-19-30(44)31(45)23-26/h13-20,23,29,32-33,35,44-46,48,52H,5-12,21-22,24-25H2,1-4H3,(H,41,51)(H,42,49)(H,43,50)/b20-14+. The fourth-order valence-corrected chi connectivity index (χ4v) is 5.85. The second kappa shape index (κ2) is 21.3. The van der Waals surface area contributed by atoms with Crippen molar-refractivity contribution in [1.29, 1.82) is 0 Å². The van der Waals surface area contributed by atoms with Crippen molar-refractivity contribution < 1.29 is 58.9 Å². The summed E-state index contributed by atoms with van der Waals surface area (Å²) in [6.45, 7) is 8.00. The van der Waals surface area contributed by atoms with Crippen LogP contribution in [0.15, 0.2) is 48.5 Å². The molecule has 5 atom stereocenters. The molecule has 0 aromatic heterocycles. The number of ether oxygens (including phenoxy) is 3. The summed E-state index contributed by atoms with van der Waals surface area (Å²) in [7, 11) is 0. The van der Waals surface area contributed by atoms with Gasteiger partial charge in [0.25, 0.3) is 5.91 Å². The Kier molecular flexibility index (Phi) is 17.2.